The Bertz CT molecular complexity index is 448. The SMILES string of the molecule is CCCc1ccc(-c2ccc(Cl)nn2)cc1. The molecule has 2 nitrogen and oxygen atoms in total. The Hall–Kier alpha value is -1.41. The lowest BCUT2D eigenvalue weighted by Gasteiger charge is -2.02. The molecule has 0 N–H and O–H groups in total. The number of hydrogen-bond acceptors (Lipinski definition) is 2. The van der Waals surface area contributed by atoms with E-state index in [1.165, 1.54) is 12.0 Å². The van der Waals surface area contributed by atoms with Crippen LogP contribution in [0.4, 0.5) is 0 Å². The van der Waals surface area contributed by atoms with E-state index in [2.05, 4.69) is 41.4 Å². The molecule has 0 aliphatic rings. The normalized spacial score (nSPS) is 10.4. The lowest BCUT2D eigenvalue weighted by molar-refractivity contribution is 0.922. The smallest absolute Gasteiger partial charge is 0.149 e. The molecule has 0 aliphatic carbocycles. The van der Waals surface area contributed by atoms with Crippen molar-refractivity contribution in [1.29, 1.82) is 0 Å². The molecule has 0 atom stereocenters. The Morgan fingerprint density at radius 2 is 1.75 bits per heavy atom. The van der Waals surface area contributed by atoms with Gasteiger partial charge in [-0.3, -0.25) is 0 Å². The molecule has 0 aliphatic heterocycles. The molecule has 0 unspecified atom stereocenters. The van der Waals surface area contributed by atoms with Gasteiger partial charge in [0.25, 0.3) is 0 Å². The van der Waals surface area contributed by atoms with Crippen LogP contribution in [0.2, 0.25) is 5.15 Å². The fourth-order valence-corrected chi connectivity index (χ4v) is 1.70. The van der Waals surface area contributed by atoms with E-state index >= 15 is 0 Å². The Morgan fingerprint density at radius 1 is 1.00 bits per heavy atom. The van der Waals surface area contributed by atoms with Gasteiger partial charge in [-0.2, -0.15) is 0 Å². The Kier molecular flexibility index (Phi) is 3.52. The minimum atomic E-state index is 0.423. The van der Waals surface area contributed by atoms with Crippen LogP contribution in [-0.2, 0) is 6.42 Å². The monoisotopic (exact) mass is 232 g/mol. The summed E-state index contributed by atoms with van der Waals surface area (Å²) in [6.45, 7) is 2.18. The summed E-state index contributed by atoms with van der Waals surface area (Å²) in [5.74, 6) is 0. The van der Waals surface area contributed by atoms with Crippen molar-refractivity contribution in [2.75, 3.05) is 0 Å². The summed E-state index contributed by atoms with van der Waals surface area (Å²) in [5.41, 5.74) is 3.28. The van der Waals surface area contributed by atoms with Crippen molar-refractivity contribution >= 4 is 11.6 Å². The number of halogens is 1. The van der Waals surface area contributed by atoms with Gasteiger partial charge in [0.1, 0.15) is 0 Å². The predicted octanol–water partition coefficient (Wildman–Crippen LogP) is 3.75. The van der Waals surface area contributed by atoms with Crippen LogP contribution in [0, 0.1) is 0 Å². The molecule has 1 aromatic heterocycles. The fourth-order valence-electron chi connectivity index (χ4n) is 1.60. The molecule has 0 saturated carbocycles. The Morgan fingerprint density at radius 3 is 2.31 bits per heavy atom. The van der Waals surface area contributed by atoms with E-state index in [1.54, 1.807) is 6.07 Å². The number of aryl methyl sites for hydroxylation is 1. The minimum absolute atomic E-state index is 0.423. The van der Waals surface area contributed by atoms with Crippen molar-refractivity contribution in [3.05, 3.63) is 47.1 Å². The molecule has 2 aromatic rings. The molecule has 0 saturated heterocycles. The van der Waals surface area contributed by atoms with Gasteiger partial charge in [-0.1, -0.05) is 49.2 Å². The third kappa shape index (κ3) is 2.58. The van der Waals surface area contributed by atoms with Gasteiger partial charge < -0.3 is 0 Å². The van der Waals surface area contributed by atoms with Crippen LogP contribution >= 0.6 is 11.6 Å². The highest BCUT2D eigenvalue weighted by Crippen LogP contribution is 2.18. The highest BCUT2D eigenvalue weighted by Gasteiger charge is 2.00. The number of hydrogen-bond donors (Lipinski definition) is 0. The summed E-state index contributed by atoms with van der Waals surface area (Å²) < 4.78 is 0. The highest BCUT2D eigenvalue weighted by molar-refractivity contribution is 6.29. The molecule has 0 amide bonds. The van der Waals surface area contributed by atoms with Gasteiger partial charge in [0, 0.05) is 5.56 Å². The summed E-state index contributed by atoms with van der Waals surface area (Å²) in [4.78, 5) is 0. The first-order valence-electron chi connectivity index (χ1n) is 5.38. The van der Waals surface area contributed by atoms with Crippen molar-refractivity contribution < 1.29 is 0 Å². The van der Waals surface area contributed by atoms with E-state index in [0.29, 0.717) is 5.15 Å². The van der Waals surface area contributed by atoms with Crippen LogP contribution in [-0.4, -0.2) is 10.2 Å². The molecule has 1 aromatic carbocycles. The fraction of sp³-hybridized carbons (Fsp3) is 0.231. The third-order valence-corrected chi connectivity index (χ3v) is 2.62. The van der Waals surface area contributed by atoms with Gasteiger partial charge in [0.2, 0.25) is 0 Å². The molecule has 0 bridgehead atoms. The standard InChI is InChI=1S/C13H13ClN2/c1-2-3-10-4-6-11(7-5-10)12-8-9-13(14)16-15-12/h4-9H,2-3H2,1H3. The van der Waals surface area contributed by atoms with Crippen molar-refractivity contribution in [3.63, 3.8) is 0 Å². The summed E-state index contributed by atoms with van der Waals surface area (Å²) in [5, 5.41) is 8.29. The Balaban J connectivity index is 2.24. The first-order valence-corrected chi connectivity index (χ1v) is 5.76. The van der Waals surface area contributed by atoms with Crippen molar-refractivity contribution in [1.82, 2.24) is 10.2 Å². The zero-order valence-corrected chi connectivity index (χ0v) is 9.91. The van der Waals surface area contributed by atoms with E-state index in [4.69, 9.17) is 11.6 Å². The Labute approximate surface area is 100 Å². The largest absolute Gasteiger partial charge is 0.151 e. The lowest BCUT2D eigenvalue weighted by Crippen LogP contribution is -1.88. The van der Waals surface area contributed by atoms with Gasteiger partial charge in [-0.25, -0.2) is 0 Å². The van der Waals surface area contributed by atoms with Crippen LogP contribution in [0.5, 0.6) is 0 Å². The van der Waals surface area contributed by atoms with E-state index < -0.39 is 0 Å². The first kappa shape index (κ1) is 11.1. The number of nitrogens with zero attached hydrogens (tertiary/aromatic N) is 2. The molecular weight excluding hydrogens is 220 g/mol. The van der Waals surface area contributed by atoms with Crippen molar-refractivity contribution in [2.24, 2.45) is 0 Å². The predicted molar refractivity (Wildman–Crippen MR) is 66.5 cm³/mol. The van der Waals surface area contributed by atoms with Gasteiger partial charge >= 0.3 is 0 Å². The molecule has 1 heterocycles. The van der Waals surface area contributed by atoms with Crippen molar-refractivity contribution in [2.45, 2.75) is 19.8 Å². The van der Waals surface area contributed by atoms with Crippen LogP contribution < -0.4 is 0 Å². The molecule has 16 heavy (non-hydrogen) atoms. The second kappa shape index (κ2) is 5.08. The summed E-state index contributed by atoms with van der Waals surface area (Å²) >= 11 is 5.69. The van der Waals surface area contributed by atoms with Crippen LogP contribution in [0.25, 0.3) is 11.3 Å². The zero-order valence-electron chi connectivity index (χ0n) is 9.15. The summed E-state index contributed by atoms with van der Waals surface area (Å²) in [6, 6.07) is 12.0. The summed E-state index contributed by atoms with van der Waals surface area (Å²) in [6.07, 6.45) is 2.28. The molecule has 82 valence electrons. The van der Waals surface area contributed by atoms with Gasteiger partial charge in [0.05, 0.1) is 5.69 Å². The van der Waals surface area contributed by atoms with Crippen LogP contribution in [0.1, 0.15) is 18.9 Å². The molecule has 0 spiro atoms. The quantitative estimate of drug-likeness (QED) is 0.806. The number of rotatable bonds is 3. The average Bonchev–Trinajstić information content (AvgIpc) is 2.32. The van der Waals surface area contributed by atoms with Crippen LogP contribution in [0.15, 0.2) is 36.4 Å². The maximum atomic E-state index is 5.69. The molecule has 2 rings (SSSR count). The first-order chi connectivity index (χ1) is 7.79. The zero-order chi connectivity index (χ0) is 11.4. The van der Waals surface area contributed by atoms with Crippen LogP contribution in [0.3, 0.4) is 0 Å². The maximum absolute atomic E-state index is 5.69. The molecule has 0 radical (unpaired) electrons. The number of aromatic nitrogens is 2. The van der Waals surface area contributed by atoms with E-state index in [-0.39, 0.29) is 0 Å². The van der Waals surface area contributed by atoms with E-state index in [0.717, 1.165) is 17.7 Å². The van der Waals surface area contributed by atoms with Gasteiger partial charge in [0.15, 0.2) is 5.15 Å². The molecule has 0 fully saturated rings. The maximum Gasteiger partial charge on any atom is 0.151 e. The van der Waals surface area contributed by atoms with E-state index in [9.17, 15) is 0 Å². The average molecular weight is 233 g/mol. The second-order valence-corrected chi connectivity index (χ2v) is 4.08. The minimum Gasteiger partial charge on any atom is -0.149 e. The van der Waals surface area contributed by atoms with Crippen molar-refractivity contribution in [3.8, 4) is 11.3 Å². The molecule has 3 heteroatoms. The van der Waals surface area contributed by atoms with Gasteiger partial charge in [-0.15, -0.1) is 10.2 Å². The lowest BCUT2D eigenvalue weighted by atomic mass is 10.1. The second-order valence-electron chi connectivity index (χ2n) is 3.69. The highest BCUT2D eigenvalue weighted by atomic mass is 35.5. The third-order valence-electron chi connectivity index (χ3n) is 2.42. The molecular formula is C13H13ClN2. The van der Waals surface area contributed by atoms with E-state index in [1.807, 2.05) is 6.07 Å². The summed E-state index contributed by atoms with van der Waals surface area (Å²) in [7, 11) is 0. The van der Waals surface area contributed by atoms with Gasteiger partial charge in [-0.05, 0) is 24.1 Å². The topological polar surface area (TPSA) is 25.8 Å². The number of benzene rings is 1.